The lowest BCUT2D eigenvalue weighted by Crippen LogP contribution is -2.44. The van der Waals surface area contributed by atoms with Crippen LogP contribution < -0.4 is 5.73 Å². The normalized spacial score (nSPS) is 23.1. The van der Waals surface area contributed by atoms with Crippen LogP contribution in [-0.2, 0) is 22.6 Å². The molecule has 36 heavy (non-hydrogen) atoms. The SMILES string of the molecule is C[C@H]1[C@@H](CN(C)C[C@@H](O)c2cccc(O)c2)O[C@@H](c2ccc(CN)cc2)O[C@H]1c1ccc(CO)cc1. The van der Waals surface area contributed by atoms with E-state index in [1.165, 1.54) is 0 Å². The Morgan fingerprint density at radius 1 is 0.944 bits per heavy atom. The summed E-state index contributed by atoms with van der Waals surface area (Å²) in [6.45, 7) is 3.56. The van der Waals surface area contributed by atoms with Crippen LogP contribution in [0.3, 0.4) is 0 Å². The second-order valence-electron chi connectivity index (χ2n) is 9.60. The quantitative estimate of drug-likeness (QED) is 0.360. The number of aliphatic hydroxyl groups is 2. The van der Waals surface area contributed by atoms with E-state index in [0.717, 1.165) is 22.3 Å². The summed E-state index contributed by atoms with van der Waals surface area (Å²) in [5, 5.41) is 29.9. The second-order valence-corrected chi connectivity index (χ2v) is 9.60. The van der Waals surface area contributed by atoms with Crippen molar-refractivity contribution in [2.45, 2.75) is 44.7 Å². The molecule has 0 bridgehead atoms. The first-order valence-electron chi connectivity index (χ1n) is 12.3. The van der Waals surface area contributed by atoms with Gasteiger partial charge >= 0.3 is 0 Å². The lowest BCUT2D eigenvalue weighted by molar-refractivity contribution is -0.276. The van der Waals surface area contributed by atoms with Crippen LogP contribution in [0.2, 0.25) is 0 Å². The average molecular weight is 493 g/mol. The molecule has 1 aliphatic rings. The number of nitrogens with two attached hydrogens (primary N) is 1. The van der Waals surface area contributed by atoms with Crippen LogP contribution in [0.5, 0.6) is 5.75 Å². The minimum atomic E-state index is -0.737. The fraction of sp³-hybridized carbons (Fsp3) is 0.379. The predicted molar refractivity (Wildman–Crippen MR) is 138 cm³/mol. The molecular weight excluding hydrogens is 456 g/mol. The molecular formula is C29H36N2O5. The first-order valence-corrected chi connectivity index (χ1v) is 12.3. The largest absolute Gasteiger partial charge is 0.508 e. The Bertz CT molecular complexity index is 1110. The Morgan fingerprint density at radius 2 is 1.61 bits per heavy atom. The van der Waals surface area contributed by atoms with Crippen molar-refractivity contribution in [3.05, 3.63) is 101 Å². The minimum absolute atomic E-state index is 0.00444. The van der Waals surface area contributed by atoms with Gasteiger partial charge in [-0.3, -0.25) is 0 Å². The fourth-order valence-electron chi connectivity index (χ4n) is 4.65. The molecule has 1 aliphatic heterocycles. The van der Waals surface area contributed by atoms with Crippen LogP contribution in [0.4, 0.5) is 0 Å². The number of phenolic OH excluding ortho intramolecular Hbond substituents is 1. The van der Waals surface area contributed by atoms with Crippen LogP contribution in [0.1, 0.15) is 53.2 Å². The third-order valence-corrected chi connectivity index (χ3v) is 6.84. The molecule has 0 aliphatic carbocycles. The van der Waals surface area contributed by atoms with Crippen molar-refractivity contribution in [2.24, 2.45) is 11.7 Å². The molecule has 7 heteroatoms. The van der Waals surface area contributed by atoms with Crippen molar-refractivity contribution < 1.29 is 24.8 Å². The van der Waals surface area contributed by atoms with Gasteiger partial charge in [-0.05, 0) is 41.4 Å². The molecule has 1 saturated heterocycles. The Labute approximate surface area is 212 Å². The summed E-state index contributed by atoms with van der Waals surface area (Å²) in [7, 11) is 1.95. The van der Waals surface area contributed by atoms with Gasteiger partial charge in [0.1, 0.15) is 5.75 Å². The van der Waals surface area contributed by atoms with Crippen LogP contribution >= 0.6 is 0 Å². The standard InChI is InChI=1S/C29H36N2O5/c1-19-27(17-31(2)16-26(34)24-4-3-5-25(33)14-24)35-29(23-12-6-20(15-30)7-13-23)36-28(19)22-10-8-21(18-32)9-11-22/h3-14,19,26-29,32-34H,15-18,30H2,1-2H3/t19-,26+,27+,28+,29+/m0/s1. The van der Waals surface area contributed by atoms with Crippen molar-refractivity contribution in [3.63, 3.8) is 0 Å². The fourth-order valence-corrected chi connectivity index (χ4v) is 4.65. The molecule has 7 nitrogen and oxygen atoms in total. The van der Waals surface area contributed by atoms with Gasteiger partial charge in [0.15, 0.2) is 6.29 Å². The number of hydrogen-bond donors (Lipinski definition) is 4. The molecule has 0 spiro atoms. The van der Waals surface area contributed by atoms with Crippen LogP contribution in [0, 0.1) is 5.92 Å². The highest BCUT2D eigenvalue weighted by atomic mass is 16.7. The van der Waals surface area contributed by atoms with Gasteiger partial charge in [-0.2, -0.15) is 0 Å². The lowest BCUT2D eigenvalue weighted by Gasteiger charge is -2.42. The highest BCUT2D eigenvalue weighted by Gasteiger charge is 2.39. The average Bonchev–Trinajstić information content (AvgIpc) is 2.90. The van der Waals surface area contributed by atoms with Gasteiger partial charge in [-0.25, -0.2) is 0 Å². The zero-order chi connectivity index (χ0) is 25.7. The summed E-state index contributed by atoms with van der Waals surface area (Å²) >= 11 is 0. The lowest BCUT2D eigenvalue weighted by atomic mass is 9.90. The highest BCUT2D eigenvalue weighted by Crippen LogP contribution is 2.41. The van der Waals surface area contributed by atoms with E-state index in [9.17, 15) is 15.3 Å². The van der Waals surface area contributed by atoms with Gasteiger partial charge in [0, 0.05) is 31.1 Å². The number of hydrogen-bond acceptors (Lipinski definition) is 7. The number of rotatable bonds is 9. The number of aliphatic hydroxyl groups excluding tert-OH is 2. The van der Waals surface area contributed by atoms with Gasteiger partial charge in [0.05, 0.1) is 24.9 Å². The Hall–Kier alpha value is -2.78. The van der Waals surface area contributed by atoms with Crippen molar-refractivity contribution >= 4 is 0 Å². The van der Waals surface area contributed by atoms with E-state index in [1.807, 2.05) is 60.5 Å². The smallest absolute Gasteiger partial charge is 0.184 e. The Balaban J connectivity index is 1.53. The van der Waals surface area contributed by atoms with E-state index < -0.39 is 12.4 Å². The van der Waals surface area contributed by atoms with Gasteiger partial charge in [0.25, 0.3) is 0 Å². The zero-order valence-corrected chi connectivity index (χ0v) is 20.8. The monoisotopic (exact) mass is 492 g/mol. The van der Waals surface area contributed by atoms with E-state index in [2.05, 4.69) is 6.92 Å². The Morgan fingerprint density at radius 3 is 2.25 bits per heavy atom. The van der Waals surface area contributed by atoms with Crippen molar-refractivity contribution in [1.29, 1.82) is 0 Å². The molecule has 0 radical (unpaired) electrons. The Kier molecular flexibility index (Phi) is 8.74. The van der Waals surface area contributed by atoms with Crippen LogP contribution in [-0.4, -0.2) is 46.5 Å². The highest BCUT2D eigenvalue weighted by molar-refractivity contribution is 5.29. The summed E-state index contributed by atoms with van der Waals surface area (Å²) < 4.78 is 13.0. The van der Waals surface area contributed by atoms with Crippen LogP contribution in [0.15, 0.2) is 72.8 Å². The number of nitrogens with zero attached hydrogens (tertiary/aromatic N) is 1. The maximum absolute atomic E-state index is 10.7. The molecule has 1 heterocycles. The first kappa shape index (κ1) is 26.3. The number of benzene rings is 3. The van der Waals surface area contributed by atoms with Crippen molar-refractivity contribution in [1.82, 2.24) is 4.90 Å². The number of ether oxygens (including phenoxy) is 2. The summed E-state index contributed by atoms with van der Waals surface area (Å²) in [6, 6.07) is 22.5. The summed E-state index contributed by atoms with van der Waals surface area (Å²) in [5.74, 6) is 0.166. The maximum Gasteiger partial charge on any atom is 0.184 e. The van der Waals surface area contributed by atoms with Gasteiger partial charge in [0.2, 0.25) is 0 Å². The molecule has 5 N–H and O–H groups in total. The van der Waals surface area contributed by atoms with Crippen LogP contribution in [0.25, 0.3) is 0 Å². The van der Waals surface area contributed by atoms with Crippen molar-refractivity contribution in [3.8, 4) is 5.75 Å². The van der Waals surface area contributed by atoms with Gasteiger partial charge in [-0.15, -0.1) is 0 Å². The molecule has 0 saturated carbocycles. The molecule has 192 valence electrons. The molecule has 0 aromatic heterocycles. The molecule has 3 aromatic rings. The van der Waals surface area contributed by atoms with Crippen molar-refractivity contribution in [2.75, 3.05) is 20.1 Å². The summed E-state index contributed by atoms with van der Waals surface area (Å²) in [4.78, 5) is 2.04. The summed E-state index contributed by atoms with van der Waals surface area (Å²) in [6.07, 6.45) is -1.66. The summed E-state index contributed by atoms with van der Waals surface area (Å²) in [5.41, 5.74) is 10.3. The third-order valence-electron chi connectivity index (χ3n) is 6.84. The number of phenols is 1. The molecule has 0 amide bonds. The van der Waals surface area contributed by atoms with Gasteiger partial charge in [-0.1, -0.05) is 67.6 Å². The minimum Gasteiger partial charge on any atom is -0.508 e. The molecule has 3 aromatic carbocycles. The van der Waals surface area contributed by atoms with Gasteiger partial charge < -0.3 is 35.4 Å². The van der Waals surface area contributed by atoms with E-state index in [1.54, 1.807) is 24.3 Å². The number of aromatic hydroxyl groups is 1. The topological polar surface area (TPSA) is 108 Å². The zero-order valence-electron chi connectivity index (χ0n) is 20.8. The predicted octanol–water partition coefficient (Wildman–Crippen LogP) is 3.80. The molecule has 4 rings (SSSR count). The third kappa shape index (κ3) is 6.31. The van der Waals surface area contributed by atoms with E-state index in [4.69, 9.17) is 15.2 Å². The van der Waals surface area contributed by atoms with E-state index >= 15 is 0 Å². The molecule has 1 fully saturated rings. The maximum atomic E-state index is 10.7. The van der Waals surface area contributed by atoms with E-state index in [-0.39, 0.29) is 30.5 Å². The second kappa shape index (κ2) is 12.0. The first-order chi connectivity index (χ1) is 17.4. The van der Waals surface area contributed by atoms with E-state index in [0.29, 0.717) is 25.2 Å². The number of likely N-dealkylation sites (N-methyl/N-ethyl adjacent to an activating group) is 1. The molecule has 0 unspecified atom stereocenters. The molecule has 5 atom stereocenters.